The number of anilines is 2. The molecule has 0 bridgehead atoms. The topological polar surface area (TPSA) is 64.7 Å². The number of aryl methyl sites for hydroxylation is 1. The molecule has 0 saturated heterocycles. The largest absolute Gasteiger partial charge is 0.353 e. The number of pyridine rings is 1. The maximum Gasteiger partial charge on any atom is 0.287 e. The van der Waals surface area contributed by atoms with Crippen LogP contribution in [0.5, 0.6) is 0 Å². The number of benzene rings is 1. The first-order chi connectivity index (χ1) is 12.1. The highest BCUT2D eigenvalue weighted by molar-refractivity contribution is 6.33. The van der Waals surface area contributed by atoms with Crippen molar-refractivity contribution in [1.82, 2.24) is 19.3 Å². The predicted octanol–water partition coefficient (Wildman–Crippen LogP) is 3.52. The molecule has 0 amide bonds. The third kappa shape index (κ3) is 2.77. The van der Waals surface area contributed by atoms with Gasteiger partial charge in [0.05, 0.1) is 29.3 Å². The summed E-state index contributed by atoms with van der Waals surface area (Å²) in [5.74, 6) is 0. The Hall–Kier alpha value is -3.12. The minimum atomic E-state index is -0.338. The second-order valence-electron chi connectivity index (χ2n) is 5.60. The van der Waals surface area contributed by atoms with Crippen molar-refractivity contribution >= 4 is 33.9 Å². The fourth-order valence-electron chi connectivity index (χ4n) is 2.70. The van der Waals surface area contributed by atoms with Gasteiger partial charge in [-0.25, -0.2) is 4.68 Å². The van der Waals surface area contributed by atoms with Crippen LogP contribution in [0.15, 0.2) is 66.0 Å². The molecule has 1 aromatic carbocycles. The number of nitrogens with zero attached hydrogens (tertiary/aromatic N) is 4. The van der Waals surface area contributed by atoms with E-state index in [2.05, 4.69) is 20.0 Å². The van der Waals surface area contributed by atoms with Gasteiger partial charge in [0.25, 0.3) is 5.56 Å². The van der Waals surface area contributed by atoms with Crippen molar-refractivity contribution in [2.45, 2.75) is 0 Å². The van der Waals surface area contributed by atoms with Crippen LogP contribution in [0, 0.1) is 0 Å². The highest BCUT2D eigenvalue weighted by Crippen LogP contribution is 2.26. The molecule has 25 heavy (non-hydrogen) atoms. The van der Waals surface area contributed by atoms with Gasteiger partial charge in [-0.05, 0) is 36.4 Å². The third-order valence-electron chi connectivity index (χ3n) is 3.97. The molecular weight excluding hydrogens is 338 g/mol. The fraction of sp³-hybridized carbons (Fsp3) is 0.0556. The molecule has 1 N–H and O–H groups in total. The molecule has 4 rings (SSSR count). The lowest BCUT2D eigenvalue weighted by molar-refractivity contribution is 0.709. The first-order valence-corrected chi connectivity index (χ1v) is 8.01. The van der Waals surface area contributed by atoms with Crippen LogP contribution in [0.25, 0.3) is 16.6 Å². The summed E-state index contributed by atoms with van der Waals surface area (Å²) in [6.07, 6.45) is 7.10. The monoisotopic (exact) mass is 351 g/mol. The van der Waals surface area contributed by atoms with E-state index in [4.69, 9.17) is 11.6 Å². The molecule has 124 valence electrons. The summed E-state index contributed by atoms with van der Waals surface area (Å²) in [4.78, 5) is 16.0. The minimum absolute atomic E-state index is 0.116. The van der Waals surface area contributed by atoms with E-state index >= 15 is 0 Å². The Balaban J connectivity index is 1.71. The lowest BCUT2D eigenvalue weighted by Crippen LogP contribution is -2.20. The zero-order valence-electron chi connectivity index (χ0n) is 13.3. The third-order valence-corrected chi connectivity index (χ3v) is 4.34. The molecule has 0 atom stereocenters. The van der Waals surface area contributed by atoms with E-state index < -0.39 is 0 Å². The number of hydrogen-bond acceptors (Lipinski definition) is 4. The summed E-state index contributed by atoms with van der Waals surface area (Å²) < 4.78 is 3.27. The molecule has 0 aliphatic carbocycles. The van der Waals surface area contributed by atoms with Crippen molar-refractivity contribution in [3.8, 4) is 5.69 Å². The lowest BCUT2D eigenvalue weighted by Gasteiger charge is -2.09. The summed E-state index contributed by atoms with van der Waals surface area (Å²) in [5.41, 5.74) is 3.03. The fourth-order valence-corrected chi connectivity index (χ4v) is 2.91. The van der Waals surface area contributed by atoms with E-state index in [-0.39, 0.29) is 10.6 Å². The van der Waals surface area contributed by atoms with E-state index in [1.54, 1.807) is 13.2 Å². The first kappa shape index (κ1) is 15.4. The van der Waals surface area contributed by atoms with E-state index in [1.807, 2.05) is 48.8 Å². The van der Waals surface area contributed by atoms with Crippen molar-refractivity contribution < 1.29 is 0 Å². The molecular formula is C18H14ClN5O. The molecule has 3 aromatic heterocycles. The Morgan fingerprint density at radius 2 is 2.04 bits per heavy atom. The summed E-state index contributed by atoms with van der Waals surface area (Å²) in [6.45, 7) is 0. The van der Waals surface area contributed by atoms with Gasteiger partial charge in [0.2, 0.25) is 0 Å². The van der Waals surface area contributed by atoms with Crippen molar-refractivity contribution in [3.63, 3.8) is 0 Å². The highest BCUT2D eigenvalue weighted by atomic mass is 35.5. The van der Waals surface area contributed by atoms with Gasteiger partial charge in [0, 0.05) is 30.5 Å². The number of aromatic nitrogens is 4. The molecule has 0 fully saturated rings. The van der Waals surface area contributed by atoms with E-state index in [1.165, 1.54) is 10.9 Å². The van der Waals surface area contributed by atoms with Crippen LogP contribution in [0.1, 0.15) is 0 Å². The number of fused-ring (bicyclic) bond motifs is 1. The van der Waals surface area contributed by atoms with Gasteiger partial charge in [-0.1, -0.05) is 11.6 Å². The Morgan fingerprint density at radius 1 is 1.16 bits per heavy atom. The van der Waals surface area contributed by atoms with Crippen LogP contribution in [0.2, 0.25) is 5.02 Å². The zero-order valence-corrected chi connectivity index (χ0v) is 14.1. The average molecular weight is 352 g/mol. The first-order valence-electron chi connectivity index (χ1n) is 7.64. The van der Waals surface area contributed by atoms with Crippen molar-refractivity contribution in [2.24, 2.45) is 7.05 Å². The molecule has 0 aliphatic rings. The average Bonchev–Trinajstić information content (AvgIpc) is 3.06. The van der Waals surface area contributed by atoms with Crippen LogP contribution in [-0.2, 0) is 7.05 Å². The number of halogens is 1. The Bertz CT molecular complexity index is 1120. The van der Waals surface area contributed by atoms with Crippen LogP contribution < -0.4 is 10.9 Å². The van der Waals surface area contributed by atoms with Gasteiger partial charge in [-0.3, -0.25) is 9.78 Å². The second-order valence-corrected chi connectivity index (χ2v) is 5.97. The summed E-state index contributed by atoms with van der Waals surface area (Å²) >= 11 is 6.10. The lowest BCUT2D eigenvalue weighted by atomic mass is 10.2. The maximum atomic E-state index is 11.9. The van der Waals surface area contributed by atoms with Crippen LogP contribution in [-0.4, -0.2) is 19.3 Å². The number of hydrogen-bond donors (Lipinski definition) is 1. The SMILES string of the molecule is Cn1ncc(Nc2ccc3c(ccn3-c3cccnc3)c2)c(Cl)c1=O. The summed E-state index contributed by atoms with van der Waals surface area (Å²) in [6, 6.07) is 11.9. The molecule has 0 spiro atoms. The van der Waals surface area contributed by atoms with Crippen molar-refractivity contribution in [2.75, 3.05) is 5.32 Å². The molecule has 0 aliphatic heterocycles. The van der Waals surface area contributed by atoms with Gasteiger partial charge in [0.15, 0.2) is 0 Å². The van der Waals surface area contributed by atoms with Crippen LogP contribution >= 0.6 is 11.6 Å². The van der Waals surface area contributed by atoms with E-state index in [9.17, 15) is 4.79 Å². The van der Waals surface area contributed by atoms with E-state index in [0.29, 0.717) is 5.69 Å². The predicted molar refractivity (Wildman–Crippen MR) is 98.8 cm³/mol. The molecule has 3 heterocycles. The van der Waals surface area contributed by atoms with Gasteiger partial charge in [0.1, 0.15) is 5.02 Å². The Labute approximate surface area is 148 Å². The molecule has 7 heteroatoms. The molecule has 6 nitrogen and oxygen atoms in total. The summed E-state index contributed by atoms with van der Waals surface area (Å²) in [7, 11) is 1.56. The van der Waals surface area contributed by atoms with E-state index in [0.717, 1.165) is 22.3 Å². The zero-order chi connectivity index (χ0) is 17.4. The smallest absolute Gasteiger partial charge is 0.287 e. The molecule has 0 radical (unpaired) electrons. The Morgan fingerprint density at radius 3 is 2.84 bits per heavy atom. The highest BCUT2D eigenvalue weighted by Gasteiger charge is 2.09. The summed E-state index contributed by atoms with van der Waals surface area (Å²) in [5, 5.41) is 8.31. The normalized spacial score (nSPS) is 11.0. The van der Waals surface area contributed by atoms with Crippen molar-refractivity contribution in [1.29, 1.82) is 0 Å². The van der Waals surface area contributed by atoms with Gasteiger partial charge < -0.3 is 9.88 Å². The molecule has 0 unspecified atom stereocenters. The quantitative estimate of drug-likeness (QED) is 0.613. The number of nitrogens with one attached hydrogen (secondary N) is 1. The second kappa shape index (κ2) is 6.07. The standard InChI is InChI=1S/C18H14ClN5O/c1-23-18(25)17(19)15(11-21-23)22-13-4-5-16-12(9-13)6-8-24(16)14-3-2-7-20-10-14/h2-11,22H,1H3. The van der Waals surface area contributed by atoms with Gasteiger partial charge in [-0.15, -0.1) is 0 Å². The Kier molecular flexibility index (Phi) is 3.74. The number of rotatable bonds is 3. The van der Waals surface area contributed by atoms with Gasteiger partial charge >= 0.3 is 0 Å². The minimum Gasteiger partial charge on any atom is -0.353 e. The van der Waals surface area contributed by atoms with Gasteiger partial charge in [-0.2, -0.15) is 5.10 Å². The maximum absolute atomic E-state index is 11.9. The van der Waals surface area contributed by atoms with Crippen LogP contribution in [0.3, 0.4) is 0 Å². The molecule has 4 aromatic rings. The van der Waals surface area contributed by atoms with Crippen LogP contribution in [0.4, 0.5) is 11.4 Å². The molecule has 0 saturated carbocycles. The van der Waals surface area contributed by atoms with Crippen molar-refractivity contribution in [3.05, 3.63) is 76.6 Å².